The van der Waals surface area contributed by atoms with Crippen molar-refractivity contribution in [3.63, 3.8) is 0 Å². The number of nitrogens with zero attached hydrogens (tertiary/aromatic N) is 3. The van der Waals surface area contributed by atoms with Gasteiger partial charge in [-0.25, -0.2) is 14.2 Å². The molecule has 2 aromatic heterocycles. The van der Waals surface area contributed by atoms with Gasteiger partial charge >= 0.3 is 6.09 Å². The van der Waals surface area contributed by atoms with Crippen LogP contribution in [0.5, 0.6) is 5.75 Å². The Hall–Kier alpha value is -4.24. The Balaban J connectivity index is 1.16. The van der Waals surface area contributed by atoms with Gasteiger partial charge in [-0.15, -0.1) is 11.3 Å². The maximum atomic E-state index is 15.4. The van der Waals surface area contributed by atoms with Crippen molar-refractivity contribution in [1.29, 1.82) is 0 Å². The number of likely N-dealkylation sites (tertiary alicyclic amines) is 1. The molecule has 1 amide bonds. The number of hydrogen-bond acceptors (Lipinski definition) is 7. The predicted molar refractivity (Wildman–Crippen MR) is 161 cm³/mol. The second-order valence-electron chi connectivity index (χ2n) is 11.2. The summed E-state index contributed by atoms with van der Waals surface area (Å²) in [6, 6.07) is 18.7. The van der Waals surface area contributed by atoms with Gasteiger partial charge in [0.25, 0.3) is 0 Å². The summed E-state index contributed by atoms with van der Waals surface area (Å²) in [5, 5.41) is 4.36. The van der Waals surface area contributed by atoms with Crippen molar-refractivity contribution in [1.82, 2.24) is 14.9 Å². The number of thiazole rings is 1. The van der Waals surface area contributed by atoms with Crippen LogP contribution in [-0.4, -0.2) is 45.8 Å². The number of benzene rings is 3. The summed E-state index contributed by atoms with van der Waals surface area (Å²) in [5.74, 6) is 0.115. The summed E-state index contributed by atoms with van der Waals surface area (Å²) in [4.78, 5) is 22.9. The van der Waals surface area contributed by atoms with Crippen molar-refractivity contribution in [3.8, 4) is 16.9 Å². The highest BCUT2D eigenvalue weighted by Crippen LogP contribution is 2.33. The normalized spacial score (nSPS) is 14.4. The van der Waals surface area contributed by atoms with E-state index in [0.29, 0.717) is 37.2 Å². The van der Waals surface area contributed by atoms with Gasteiger partial charge in [-0.2, -0.15) is 0 Å². The molecule has 9 heteroatoms. The first kappa shape index (κ1) is 27.0. The number of piperidine rings is 1. The number of aromatic nitrogens is 2. The fraction of sp³-hybridized carbons (Fsp3) is 0.281. The van der Waals surface area contributed by atoms with E-state index >= 15 is 4.39 Å². The highest BCUT2D eigenvalue weighted by molar-refractivity contribution is 7.16. The number of carbonyl (C=O) groups excluding carboxylic acids is 1. The molecule has 5 aromatic rings. The first-order valence-corrected chi connectivity index (χ1v) is 14.5. The molecule has 0 saturated carbocycles. The number of carbonyl (C=O) groups is 1. The first-order chi connectivity index (χ1) is 19.7. The summed E-state index contributed by atoms with van der Waals surface area (Å²) in [6.07, 6.45) is 2.67. The van der Waals surface area contributed by atoms with Gasteiger partial charge in [-0.1, -0.05) is 6.07 Å². The lowest BCUT2D eigenvalue weighted by molar-refractivity contribution is 0.0126. The van der Waals surface area contributed by atoms with Crippen molar-refractivity contribution < 1.29 is 18.7 Å². The molecule has 6 rings (SSSR count). The lowest BCUT2D eigenvalue weighted by atomic mass is 10.0. The number of hydrogen-bond donors (Lipinski definition) is 1. The number of amides is 1. The van der Waals surface area contributed by atoms with Crippen LogP contribution in [0.25, 0.3) is 32.2 Å². The Morgan fingerprint density at radius 2 is 1.83 bits per heavy atom. The number of rotatable bonds is 5. The molecule has 0 aliphatic carbocycles. The number of nitrogens with one attached hydrogen (secondary N) is 1. The van der Waals surface area contributed by atoms with Gasteiger partial charge in [0.2, 0.25) is 0 Å². The third kappa shape index (κ3) is 6.10. The van der Waals surface area contributed by atoms with Gasteiger partial charge in [0, 0.05) is 60.5 Å². The lowest BCUT2D eigenvalue weighted by Crippen LogP contribution is -2.44. The van der Waals surface area contributed by atoms with E-state index in [2.05, 4.69) is 15.3 Å². The molecule has 0 spiro atoms. The number of fused-ring (bicyclic) bond motifs is 2. The third-order valence-electron chi connectivity index (χ3n) is 7.00. The molecular formula is C32H31FN4O3S. The Bertz CT molecular complexity index is 1720. The molecule has 1 saturated heterocycles. The third-order valence-corrected chi connectivity index (χ3v) is 7.81. The first-order valence-electron chi connectivity index (χ1n) is 13.7. The molecule has 0 bridgehead atoms. The quantitative estimate of drug-likeness (QED) is 0.230. The number of ether oxygens (including phenoxy) is 2. The lowest BCUT2D eigenvalue weighted by Gasteiger charge is -2.33. The molecule has 1 aliphatic rings. The Kier molecular flexibility index (Phi) is 7.21. The van der Waals surface area contributed by atoms with Gasteiger partial charge in [0.15, 0.2) is 0 Å². The molecule has 0 atom stereocenters. The molecule has 7 nitrogen and oxygen atoms in total. The average Bonchev–Trinajstić information content (AvgIpc) is 3.41. The van der Waals surface area contributed by atoms with Gasteiger partial charge in [-0.05, 0) is 74.9 Å². The molecule has 1 N–H and O–H groups in total. The topological polar surface area (TPSA) is 76.6 Å². The molecule has 41 heavy (non-hydrogen) atoms. The minimum absolute atomic E-state index is 0.0946. The van der Waals surface area contributed by atoms with E-state index in [1.165, 1.54) is 6.07 Å². The van der Waals surface area contributed by atoms with E-state index in [1.54, 1.807) is 34.6 Å². The zero-order valence-corrected chi connectivity index (χ0v) is 24.0. The number of anilines is 2. The number of pyridine rings is 1. The fourth-order valence-electron chi connectivity index (χ4n) is 4.99. The zero-order valence-electron chi connectivity index (χ0n) is 23.2. The number of halogens is 1. The SMILES string of the molecule is CC(C)(C)OC(=O)N1CCC(Oc2ccc(-c3ccc4nccc(Nc5ccc6scnc6c5)c4c3)c(F)c2)CC1. The molecule has 1 aliphatic heterocycles. The van der Waals surface area contributed by atoms with Crippen LogP contribution in [0.2, 0.25) is 0 Å². The summed E-state index contributed by atoms with van der Waals surface area (Å²) < 4.78 is 28.1. The van der Waals surface area contributed by atoms with Crippen LogP contribution in [0.1, 0.15) is 33.6 Å². The Morgan fingerprint density at radius 1 is 1.00 bits per heavy atom. The van der Waals surface area contributed by atoms with E-state index in [-0.39, 0.29) is 18.0 Å². The largest absolute Gasteiger partial charge is 0.490 e. The molecule has 3 aromatic carbocycles. The second kappa shape index (κ2) is 11.0. The highest BCUT2D eigenvalue weighted by atomic mass is 32.1. The summed E-state index contributed by atoms with van der Waals surface area (Å²) in [7, 11) is 0. The van der Waals surface area contributed by atoms with Crippen molar-refractivity contribution >= 4 is 49.9 Å². The van der Waals surface area contributed by atoms with Gasteiger partial charge in [-0.3, -0.25) is 4.98 Å². The van der Waals surface area contributed by atoms with E-state index in [0.717, 1.165) is 38.1 Å². The summed E-state index contributed by atoms with van der Waals surface area (Å²) in [6.45, 7) is 6.65. The average molecular weight is 571 g/mol. The monoisotopic (exact) mass is 570 g/mol. The molecule has 3 heterocycles. The van der Waals surface area contributed by atoms with Crippen molar-refractivity contribution in [2.24, 2.45) is 0 Å². The maximum Gasteiger partial charge on any atom is 0.410 e. The molecule has 0 unspecified atom stereocenters. The Morgan fingerprint density at radius 3 is 2.61 bits per heavy atom. The smallest absolute Gasteiger partial charge is 0.410 e. The van der Waals surface area contributed by atoms with Crippen LogP contribution in [-0.2, 0) is 4.74 Å². The zero-order chi connectivity index (χ0) is 28.6. The van der Waals surface area contributed by atoms with E-state index in [9.17, 15) is 4.79 Å². The minimum atomic E-state index is -0.528. The predicted octanol–water partition coefficient (Wildman–Crippen LogP) is 8.17. The van der Waals surface area contributed by atoms with E-state index < -0.39 is 5.60 Å². The fourth-order valence-corrected chi connectivity index (χ4v) is 5.65. The maximum absolute atomic E-state index is 15.4. The second-order valence-corrected chi connectivity index (χ2v) is 12.1. The minimum Gasteiger partial charge on any atom is -0.490 e. The Labute approximate surface area is 241 Å². The van der Waals surface area contributed by atoms with Crippen LogP contribution in [0.3, 0.4) is 0 Å². The van der Waals surface area contributed by atoms with Crippen LogP contribution in [0.4, 0.5) is 20.6 Å². The van der Waals surface area contributed by atoms with Gasteiger partial charge in [0.1, 0.15) is 23.3 Å². The standard InChI is InChI=1S/C32H31FN4O3S/c1-32(2,3)40-31(38)37-14-11-22(12-15-37)39-23-6-7-24(26(33)18-23)20-4-8-27-25(16-20)28(10-13-34-27)36-21-5-9-30-29(17-21)35-19-41-30/h4-10,13,16-19,22H,11-12,14-15H2,1-3H3,(H,34,36). The van der Waals surface area contributed by atoms with E-state index in [4.69, 9.17) is 9.47 Å². The molecule has 210 valence electrons. The molecule has 1 fully saturated rings. The van der Waals surface area contributed by atoms with Crippen molar-refractivity contribution in [2.45, 2.75) is 45.3 Å². The van der Waals surface area contributed by atoms with Gasteiger partial charge in [0.05, 0.1) is 21.2 Å². The van der Waals surface area contributed by atoms with Crippen molar-refractivity contribution in [2.75, 3.05) is 18.4 Å². The van der Waals surface area contributed by atoms with Crippen LogP contribution >= 0.6 is 11.3 Å². The van der Waals surface area contributed by atoms with Crippen LogP contribution in [0.15, 0.2) is 72.4 Å². The molecular weight excluding hydrogens is 539 g/mol. The summed E-state index contributed by atoms with van der Waals surface area (Å²) >= 11 is 1.61. The summed E-state index contributed by atoms with van der Waals surface area (Å²) in [5.41, 5.74) is 6.10. The van der Waals surface area contributed by atoms with E-state index in [1.807, 2.05) is 68.7 Å². The molecule has 0 radical (unpaired) electrons. The van der Waals surface area contributed by atoms with Crippen LogP contribution < -0.4 is 10.1 Å². The van der Waals surface area contributed by atoms with Gasteiger partial charge < -0.3 is 19.7 Å². The van der Waals surface area contributed by atoms with Crippen molar-refractivity contribution in [3.05, 3.63) is 78.2 Å². The highest BCUT2D eigenvalue weighted by Gasteiger charge is 2.27. The van der Waals surface area contributed by atoms with Crippen LogP contribution in [0, 0.1) is 5.82 Å².